The van der Waals surface area contributed by atoms with Crippen LogP contribution in [0.3, 0.4) is 0 Å². The number of halogens is 3. The third kappa shape index (κ3) is 2.42. The molecule has 0 bridgehead atoms. The van der Waals surface area contributed by atoms with Crippen LogP contribution in [-0.2, 0) is 0 Å². The Morgan fingerprint density at radius 3 is 2.30 bits per heavy atom. The van der Waals surface area contributed by atoms with Gasteiger partial charge in [0.1, 0.15) is 11.3 Å². The van der Waals surface area contributed by atoms with Gasteiger partial charge in [-0.1, -0.05) is 34.8 Å². The molecule has 0 saturated carbocycles. The van der Waals surface area contributed by atoms with Crippen molar-refractivity contribution in [2.45, 2.75) is 0 Å². The largest absolute Gasteiger partial charge is 0.456 e. The van der Waals surface area contributed by atoms with E-state index in [0.717, 1.165) is 0 Å². The molecule has 3 aromatic rings. The van der Waals surface area contributed by atoms with E-state index in [1.165, 1.54) is 6.07 Å². The summed E-state index contributed by atoms with van der Waals surface area (Å²) in [5.41, 5.74) is 0.905. The Morgan fingerprint density at radius 2 is 1.55 bits per heavy atom. The third-order valence-corrected chi connectivity index (χ3v) is 3.67. The van der Waals surface area contributed by atoms with Gasteiger partial charge in [-0.05, 0) is 36.4 Å². The zero-order valence-corrected chi connectivity index (χ0v) is 12.3. The average molecular weight is 326 g/mol. The molecule has 2 aromatic carbocycles. The van der Waals surface area contributed by atoms with Gasteiger partial charge in [0.05, 0.1) is 10.4 Å². The summed E-state index contributed by atoms with van der Waals surface area (Å²) in [6.07, 6.45) is 0. The van der Waals surface area contributed by atoms with E-state index in [-0.39, 0.29) is 5.43 Å². The first kappa shape index (κ1) is 13.5. The van der Waals surface area contributed by atoms with E-state index < -0.39 is 0 Å². The molecule has 5 heteroatoms. The van der Waals surface area contributed by atoms with Crippen molar-refractivity contribution in [3.63, 3.8) is 0 Å². The van der Waals surface area contributed by atoms with Crippen LogP contribution in [-0.4, -0.2) is 0 Å². The van der Waals surface area contributed by atoms with Crippen molar-refractivity contribution in [3.8, 4) is 11.3 Å². The second-order valence-corrected chi connectivity index (χ2v) is 5.52. The fourth-order valence-electron chi connectivity index (χ4n) is 1.95. The molecule has 0 aliphatic rings. The summed E-state index contributed by atoms with van der Waals surface area (Å²) < 4.78 is 5.72. The van der Waals surface area contributed by atoms with E-state index in [9.17, 15) is 4.79 Å². The Balaban J connectivity index is 2.27. The van der Waals surface area contributed by atoms with Crippen LogP contribution in [0.25, 0.3) is 22.3 Å². The first-order valence-corrected chi connectivity index (χ1v) is 6.87. The Labute approximate surface area is 129 Å². The van der Waals surface area contributed by atoms with Crippen LogP contribution in [0.5, 0.6) is 0 Å². The minimum Gasteiger partial charge on any atom is -0.456 e. The molecular formula is C15H7Cl3O2. The van der Waals surface area contributed by atoms with Crippen molar-refractivity contribution >= 4 is 45.8 Å². The molecule has 0 fully saturated rings. The predicted octanol–water partition coefficient (Wildman–Crippen LogP) is 5.42. The maximum atomic E-state index is 12.1. The van der Waals surface area contributed by atoms with Crippen molar-refractivity contribution in [3.05, 3.63) is 67.8 Å². The first-order chi connectivity index (χ1) is 9.54. The fraction of sp³-hybridized carbons (Fsp3) is 0. The molecule has 0 unspecified atom stereocenters. The van der Waals surface area contributed by atoms with Gasteiger partial charge in [-0.15, -0.1) is 0 Å². The van der Waals surface area contributed by atoms with E-state index in [1.807, 2.05) is 0 Å². The summed E-state index contributed by atoms with van der Waals surface area (Å²) in [4.78, 5) is 12.1. The van der Waals surface area contributed by atoms with Gasteiger partial charge in [0.25, 0.3) is 0 Å². The van der Waals surface area contributed by atoms with Crippen LogP contribution in [0.4, 0.5) is 0 Å². The van der Waals surface area contributed by atoms with Gasteiger partial charge in [-0.3, -0.25) is 4.79 Å². The van der Waals surface area contributed by atoms with E-state index in [0.29, 0.717) is 37.4 Å². The minimum absolute atomic E-state index is 0.172. The van der Waals surface area contributed by atoms with Gasteiger partial charge in [-0.25, -0.2) is 0 Å². The van der Waals surface area contributed by atoms with E-state index in [1.54, 1.807) is 36.4 Å². The monoisotopic (exact) mass is 324 g/mol. The summed E-state index contributed by atoms with van der Waals surface area (Å²) in [5.74, 6) is 0.395. The molecule has 3 rings (SSSR count). The molecule has 100 valence electrons. The SMILES string of the molecule is O=c1cc(-c2ccc(Cl)cc2Cl)oc2ccc(Cl)cc12. The zero-order valence-electron chi connectivity index (χ0n) is 9.99. The minimum atomic E-state index is -0.172. The van der Waals surface area contributed by atoms with E-state index in [4.69, 9.17) is 39.2 Å². The standard InChI is InChI=1S/C15H7Cl3O2/c16-8-2-4-14-11(5-8)13(19)7-15(20-14)10-3-1-9(17)6-12(10)18/h1-7H. The lowest BCUT2D eigenvalue weighted by atomic mass is 10.1. The predicted molar refractivity (Wildman–Crippen MR) is 83.0 cm³/mol. The number of benzene rings is 2. The highest BCUT2D eigenvalue weighted by Gasteiger charge is 2.10. The molecule has 0 amide bonds. The number of hydrogen-bond acceptors (Lipinski definition) is 2. The molecule has 0 aliphatic heterocycles. The molecule has 1 heterocycles. The van der Waals surface area contributed by atoms with Gasteiger partial charge >= 0.3 is 0 Å². The lowest BCUT2D eigenvalue weighted by Gasteiger charge is -2.05. The smallest absolute Gasteiger partial charge is 0.193 e. The van der Waals surface area contributed by atoms with Crippen LogP contribution in [0.1, 0.15) is 0 Å². The number of fused-ring (bicyclic) bond motifs is 1. The van der Waals surface area contributed by atoms with Crippen LogP contribution in [0.2, 0.25) is 15.1 Å². The zero-order chi connectivity index (χ0) is 14.3. The summed E-state index contributed by atoms with van der Waals surface area (Å²) in [5, 5.41) is 1.87. The lowest BCUT2D eigenvalue weighted by molar-refractivity contribution is 0.619. The highest BCUT2D eigenvalue weighted by molar-refractivity contribution is 6.36. The van der Waals surface area contributed by atoms with Crippen molar-refractivity contribution < 1.29 is 4.42 Å². The fourth-order valence-corrected chi connectivity index (χ4v) is 2.62. The van der Waals surface area contributed by atoms with Crippen LogP contribution in [0.15, 0.2) is 51.7 Å². The molecule has 0 saturated heterocycles. The van der Waals surface area contributed by atoms with Crippen molar-refractivity contribution in [1.29, 1.82) is 0 Å². The average Bonchev–Trinajstić information content (AvgIpc) is 2.39. The maximum absolute atomic E-state index is 12.1. The summed E-state index contributed by atoms with van der Waals surface area (Å²) in [6.45, 7) is 0. The Morgan fingerprint density at radius 1 is 0.850 bits per heavy atom. The Kier molecular flexibility index (Phi) is 3.47. The Bertz CT molecular complexity index is 869. The number of hydrogen-bond donors (Lipinski definition) is 0. The highest BCUT2D eigenvalue weighted by Crippen LogP contribution is 2.31. The summed E-state index contributed by atoms with van der Waals surface area (Å²) in [6, 6.07) is 11.3. The molecule has 0 atom stereocenters. The molecule has 20 heavy (non-hydrogen) atoms. The molecule has 0 radical (unpaired) electrons. The summed E-state index contributed by atoms with van der Waals surface area (Å²) in [7, 11) is 0. The van der Waals surface area contributed by atoms with Gasteiger partial charge in [0.15, 0.2) is 5.43 Å². The van der Waals surface area contributed by atoms with Crippen molar-refractivity contribution in [2.75, 3.05) is 0 Å². The van der Waals surface area contributed by atoms with E-state index in [2.05, 4.69) is 0 Å². The molecule has 0 aliphatic carbocycles. The van der Waals surface area contributed by atoms with Crippen molar-refractivity contribution in [1.82, 2.24) is 0 Å². The quantitative estimate of drug-likeness (QED) is 0.598. The van der Waals surface area contributed by atoms with Gasteiger partial charge in [-0.2, -0.15) is 0 Å². The topological polar surface area (TPSA) is 30.2 Å². The molecule has 2 nitrogen and oxygen atoms in total. The van der Waals surface area contributed by atoms with Gasteiger partial charge in [0, 0.05) is 21.7 Å². The molecular weight excluding hydrogens is 319 g/mol. The highest BCUT2D eigenvalue weighted by atomic mass is 35.5. The molecule has 1 aromatic heterocycles. The molecule has 0 spiro atoms. The third-order valence-electron chi connectivity index (χ3n) is 2.89. The van der Waals surface area contributed by atoms with E-state index >= 15 is 0 Å². The van der Waals surface area contributed by atoms with Crippen LogP contribution < -0.4 is 5.43 Å². The summed E-state index contributed by atoms with van der Waals surface area (Å²) >= 11 is 17.9. The number of rotatable bonds is 1. The lowest BCUT2D eigenvalue weighted by Crippen LogP contribution is -2.00. The van der Waals surface area contributed by atoms with Crippen molar-refractivity contribution in [2.24, 2.45) is 0 Å². The second kappa shape index (κ2) is 5.13. The normalized spacial score (nSPS) is 10.9. The van der Waals surface area contributed by atoms with Crippen LogP contribution >= 0.6 is 34.8 Å². The van der Waals surface area contributed by atoms with Gasteiger partial charge in [0.2, 0.25) is 0 Å². The van der Waals surface area contributed by atoms with Crippen LogP contribution in [0, 0.1) is 0 Å². The second-order valence-electron chi connectivity index (χ2n) is 4.24. The first-order valence-electron chi connectivity index (χ1n) is 5.73. The Hall–Kier alpha value is -1.48. The maximum Gasteiger partial charge on any atom is 0.193 e. The van der Waals surface area contributed by atoms with Gasteiger partial charge < -0.3 is 4.42 Å². The molecule has 0 N–H and O–H groups in total.